The summed E-state index contributed by atoms with van der Waals surface area (Å²) in [6.45, 7) is 4.65. The zero-order valence-corrected chi connectivity index (χ0v) is 19.1. The molecule has 2 aromatic rings. The first-order valence-electron chi connectivity index (χ1n) is 9.72. The largest absolute Gasteiger partial charge is 0.494 e. The van der Waals surface area contributed by atoms with Crippen LogP contribution in [0.5, 0.6) is 5.75 Å². The number of nitrogens with one attached hydrogen (secondary N) is 1. The zero-order chi connectivity index (χ0) is 21.9. The zero-order valence-electron chi connectivity index (χ0n) is 16.8. The summed E-state index contributed by atoms with van der Waals surface area (Å²) in [4.78, 5) is 13.0. The Hall–Kier alpha value is -1.80. The van der Waals surface area contributed by atoms with Crippen LogP contribution in [0, 0.1) is 12.8 Å². The molecule has 0 aliphatic carbocycles. The number of benzene rings is 2. The maximum atomic E-state index is 13.2. The quantitative estimate of drug-likeness (QED) is 0.661. The molecule has 0 bridgehead atoms. The van der Waals surface area contributed by atoms with Gasteiger partial charge >= 0.3 is 0 Å². The number of hydrogen-bond donors (Lipinski definition) is 1. The second kappa shape index (κ2) is 9.56. The van der Waals surface area contributed by atoms with Crippen molar-refractivity contribution in [2.45, 2.75) is 31.6 Å². The monoisotopic (exact) mass is 470 g/mol. The van der Waals surface area contributed by atoms with Gasteiger partial charge in [0.1, 0.15) is 5.75 Å². The van der Waals surface area contributed by atoms with Crippen molar-refractivity contribution in [3.8, 4) is 5.75 Å². The highest BCUT2D eigenvalue weighted by atomic mass is 35.5. The van der Waals surface area contributed by atoms with Crippen molar-refractivity contribution >= 4 is 44.8 Å². The molecular weight excluding hydrogens is 447 g/mol. The molecule has 3 rings (SSSR count). The molecule has 1 amide bonds. The summed E-state index contributed by atoms with van der Waals surface area (Å²) in [5, 5.41) is 3.42. The molecular formula is C21H24Cl2N2O4S. The van der Waals surface area contributed by atoms with Crippen molar-refractivity contribution in [1.82, 2.24) is 4.31 Å². The predicted octanol–water partition coefficient (Wildman–Crippen LogP) is 4.74. The normalized spacial score (nSPS) is 17.5. The minimum atomic E-state index is -3.73. The Morgan fingerprint density at radius 1 is 1.23 bits per heavy atom. The van der Waals surface area contributed by atoms with Crippen LogP contribution in [0.25, 0.3) is 0 Å². The van der Waals surface area contributed by atoms with Gasteiger partial charge in [0, 0.05) is 13.1 Å². The first-order chi connectivity index (χ1) is 14.2. The molecule has 2 aromatic carbocycles. The maximum absolute atomic E-state index is 13.2. The standard InChI is InChI=1S/C21H24Cl2N2O4S/c1-3-29-19-10-9-16(12-14(19)2)30(27,28)25-11-5-6-15(13-25)21(26)24-20-17(22)7-4-8-18(20)23/h4,7-10,12,15H,3,5-6,11,13H2,1-2H3,(H,24,26)/t15-/m0/s1. The average molecular weight is 471 g/mol. The van der Waals surface area contributed by atoms with E-state index in [4.69, 9.17) is 27.9 Å². The fourth-order valence-electron chi connectivity index (χ4n) is 3.47. The number of hydrogen-bond acceptors (Lipinski definition) is 4. The van der Waals surface area contributed by atoms with E-state index in [-0.39, 0.29) is 17.3 Å². The fraction of sp³-hybridized carbons (Fsp3) is 0.381. The van der Waals surface area contributed by atoms with Crippen LogP contribution >= 0.6 is 23.2 Å². The minimum Gasteiger partial charge on any atom is -0.494 e. The van der Waals surface area contributed by atoms with Crippen LogP contribution in [0.2, 0.25) is 10.0 Å². The van der Waals surface area contributed by atoms with Crippen LogP contribution in [0.4, 0.5) is 5.69 Å². The van der Waals surface area contributed by atoms with Gasteiger partial charge in [-0.3, -0.25) is 4.79 Å². The van der Waals surface area contributed by atoms with E-state index in [1.807, 2.05) is 13.8 Å². The second-order valence-corrected chi connectivity index (χ2v) is 9.90. The predicted molar refractivity (Wildman–Crippen MR) is 119 cm³/mol. The van der Waals surface area contributed by atoms with Crippen LogP contribution in [-0.2, 0) is 14.8 Å². The molecule has 1 heterocycles. The van der Waals surface area contributed by atoms with E-state index < -0.39 is 15.9 Å². The van der Waals surface area contributed by atoms with E-state index in [1.165, 1.54) is 4.31 Å². The number of rotatable bonds is 6. The van der Waals surface area contributed by atoms with Crippen LogP contribution in [0.3, 0.4) is 0 Å². The lowest BCUT2D eigenvalue weighted by Gasteiger charge is -2.31. The van der Waals surface area contributed by atoms with Crippen molar-refractivity contribution < 1.29 is 17.9 Å². The topological polar surface area (TPSA) is 75.7 Å². The molecule has 0 radical (unpaired) electrons. The maximum Gasteiger partial charge on any atom is 0.243 e. The van der Waals surface area contributed by atoms with Crippen molar-refractivity contribution in [3.63, 3.8) is 0 Å². The summed E-state index contributed by atoms with van der Waals surface area (Å²) in [5.74, 6) is -0.138. The van der Waals surface area contributed by atoms with E-state index >= 15 is 0 Å². The van der Waals surface area contributed by atoms with Gasteiger partial charge in [0.25, 0.3) is 0 Å². The Kier molecular flexibility index (Phi) is 7.29. The number of carbonyl (C=O) groups excluding carboxylic acids is 1. The van der Waals surface area contributed by atoms with Crippen LogP contribution in [0.15, 0.2) is 41.3 Å². The van der Waals surface area contributed by atoms with Gasteiger partial charge in [-0.25, -0.2) is 8.42 Å². The van der Waals surface area contributed by atoms with Gasteiger partial charge in [-0.2, -0.15) is 4.31 Å². The van der Waals surface area contributed by atoms with Gasteiger partial charge < -0.3 is 10.1 Å². The summed E-state index contributed by atoms with van der Waals surface area (Å²) in [6.07, 6.45) is 1.17. The van der Waals surface area contributed by atoms with Gasteiger partial charge in [0.15, 0.2) is 0 Å². The second-order valence-electron chi connectivity index (χ2n) is 7.15. The molecule has 1 aliphatic heterocycles. The van der Waals surface area contributed by atoms with Crippen molar-refractivity contribution in [3.05, 3.63) is 52.0 Å². The van der Waals surface area contributed by atoms with E-state index in [1.54, 1.807) is 36.4 Å². The summed E-state index contributed by atoms with van der Waals surface area (Å²) >= 11 is 12.3. The number of piperidine rings is 1. The number of sulfonamides is 1. The molecule has 9 heteroatoms. The number of nitrogens with zero attached hydrogens (tertiary/aromatic N) is 1. The van der Waals surface area contributed by atoms with E-state index in [2.05, 4.69) is 5.32 Å². The Labute approximate surface area is 187 Å². The molecule has 0 saturated carbocycles. The highest BCUT2D eigenvalue weighted by molar-refractivity contribution is 7.89. The summed E-state index contributed by atoms with van der Waals surface area (Å²) in [7, 11) is -3.73. The Morgan fingerprint density at radius 3 is 2.57 bits per heavy atom. The van der Waals surface area contributed by atoms with Gasteiger partial charge in [0.2, 0.25) is 15.9 Å². The highest BCUT2D eigenvalue weighted by Crippen LogP contribution is 2.32. The molecule has 162 valence electrons. The third-order valence-corrected chi connectivity index (χ3v) is 7.54. The molecule has 1 aliphatic rings. The molecule has 1 fully saturated rings. The van der Waals surface area contributed by atoms with Gasteiger partial charge in [0.05, 0.1) is 33.2 Å². The van der Waals surface area contributed by atoms with Crippen LogP contribution in [-0.4, -0.2) is 38.3 Å². The number of para-hydroxylation sites is 1. The number of amides is 1. The van der Waals surface area contributed by atoms with Gasteiger partial charge in [-0.05, 0) is 62.6 Å². The first-order valence-corrected chi connectivity index (χ1v) is 11.9. The number of anilines is 1. The third-order valence-electron chi connectivity index (χ3n) is 5.05. The Morgan fingerprint density at radius 2 is 1.93 bits per heavy atom. The Bertz CT molecular complexity index is 1020. The highest BCUT2D eigenvalue weighted by Gasteiger charge is 2.34. The van der Waals surface area contributed by atoms with Crippen molar-refractivity contribution in [1.29, 1.82) is 0 Å². The Balaban J connectivity index is 1.76. The number of halogens is 2. The lowest BCUT2D eigenvalue weighted by atomic mass is 9.98. The van der Waals surface area contributed by atoms with Gasteiger partial charge in [-0.1, -0.05) is 29.3 Å². The van der Waals surface area contributed by atoms with Crippen molar-refractivity contribution in [2.24, 2.45) is 5.92 Å². The smallest absolute Gasteiger partial charge is 0.243 e. The van der Waals surface area contributed by atoms with Crippen LogP contribution in [0.1, 0.15) is 25.3 Å². The first kappa shape index (κ1) is 22.9. The van der Waals surface area contributed by atoms with E-state index in [9.17, 15) is 13.2 Å². The fourth-order valence-corrected chi connectivity index (χ4v) is 5.57. The lowest BCUT2D eigenvalue weighted by Crippen LogP contribution is -2.43. The molecule has 1 N–H and O–H groups in total. The summed E-state index contributed by atoms with van der Waals surface area (Å²) in [5.41, 5.74) is 1.09. The molecule has 0 aromatic heterocycles. The summed E-state index contributed by atoms with van der Waals surface area (Å²) in [6, 6.07) is 9.77. The minimum absolute atomic E-state index is 0.0997. The van der Waals surface area contributed by atoms with Crippen molar-refractivity contribution in [2.75, 3.05) is 25.0 Å². The molecule has 6 nitrogen and oxygen atoms in total. The SMILES string of the molecule is CCOc1ccc(S(=O)(=O)N2CCC[C@H](C(=O)Nc3c(Cl)cccc3Cl)C2)cc1C. The average Bonchev–Trinajstić information content (AvgIpc) is 2.72. The van der Waals surface area contributed by atoms with Crippen LogP contribution < -0.4 is 10.1 Å². The number of ether oxygens (including phenoxy) is 1. The van der Waals surface area contributed by atoms with E-state index in [0.29, 0.717) is 47.5 Å². The molecule has 0 spiro atoms. The summed E-state index contributed by atoms with van der Waals surface area (Å²) < 4.78 is 33.2. The number of carbonyl (C=O) groups is 1. The lowest BCUT2D eigenvalue weighted by molar-refractivity contribution is -0.120. The van der Waals surface area contributed by atoms with E-state index in [0.717, 1.165) is 5.56 Å². The molecule has 1 saturated heterocycles. The molecule has 1 atom stereocenters. The number of aryl methyl sites for hydroxylation is 1. The van der Waals surface area contributed by atoms with Gasteiger partial charge in [-0.15, -0.1) is 0 Å². The molecule has 30 heavy (non-hydrogen) atoms. The molecule has 0 unspecified atom stereocenters. The third kappa shape index (κ3) is 4.91.